The maximum atomic E-state index is 10.7. The molecule has 2 nitrogen and oxygen atoms in total. The van der Waals surface area contributed by atoms with Gasteiger partial charge in [-0.3, -0.25) is 4.79 Å². The van der Waals surface area contributed by atoms with Crippen molar-refractivity contribution >= 4 is 40.0 Å². The van der Waals surface area contributed by atoms with E-state index in [1.165, 1.54) is 6.26 Å². The Balaban J connectivity index is 4.44. The molecule has 0 saturated carbocycles. The van der Waals surface area contributed by atoms with E-state index in [1.807, 2.05) is 0 Å². The van der Waals surface area contributed by atoms with Crippen LogP contribution in [0.1, 0.15) is 13.8 Å². The average Bonchev–Trinajstić information content (AvgIpc) is 1.99. The summed E-state index contributed by atoms with van der Waals surface area (Å²) < 4.78 is 3.21. The Morgan fingerprint density at radius 2 is 2.08 bits per heavy atom. The molecule has 0 aromatic carbocycles. The van der Waals surface area contributed by atoms with Gasteiger partial charge in [0.15, 0.2) is 0 Å². The summed E-state index contributed by atoms with van der Waals surface area (Å²) in [4.78, 5) is 10.7. The van der Waals surface area contributed by atoms with Crippen molar-refractivity contribution < 1.29 is 9.53 Å². The molecule has 0 aromatic rings. The molecule has 0 aliphatic rings. The number of allylic oxidation sites excluding steroid dienone is 1. The number of carbonyl (C=O) groups is 1. The Morgan fingerprint density at radius 3 is 2.42 bits per heavy atom. The van der Waals surface area contributed by atoms with Gasteiger partial charge in [-0.05, 0) is 25.4 Å². The second-order valence-electron chi connectivity index (χ2n) is 2.10. The van der Waals surface area contributed by atoms with Crippen LogP contribution in [-0.4, -0.2) is 16.2 Å². The molecular formula is C7H9Cl3O2. The third kappa shape index (κ3) is 3.21. The van der Waals surface area contributed by atoms with E-state index >= 15 is 0 Å². The molecule has 0 heterocycles. The Labute approximate surface area is 86.4 Å². The number of halogens is 3. The fourth-order valence-electron chi connectivity index (χ4n) is 0.437. The molecule has 0 aromatic heterocycles. The molecule has 0 unspecified atom stereocenters. The van der Waals surface area contributed by atoms with Crippen LogP contribution in [0, 0.1) is 0 Å². The van der Waals surface area contributed by atoms with Crippen LogP contribution in [0.3, 0.4) is 0 Å². The first kappa shape index (κ1) is 12.1. The summed E-state index contributed by atoms with van der Waals surface area (Å²) in [6, 6.07) is 0. The first-order valence-electron chi connectivity index (χ1n) is 3.29. The largest absolute Gasteiger partial charge is 0.501 e. The topological polar surface area (TPSA) is 26.3 Å². The zero-order valence-corrected chi connectivity index (χ0v) is 9.00. The van der Waals surface area contributed by atoms with Crippen LogP contribution in [0.15, 0.2) is 11.8 Å². The fourth-order valence-corrected chi connectivity index (χ4v) is 0.675. The first-order chi connectivity index (χ1) is 5.42. The molecule has 0 atom stereocenters. The van der Waals surface area contributed by atoms with Crippen molar-refractivity contribution in [3.05, 3.63) is 11.8 Å². The standard InChI is InChI=1S/C7H9Cl3O2/c1-3-12-4-5(2)7(9,10)6(8)11/h4H,3H2,1-2H3. The quantitative estimate of drug-likeness (QED) is 0.422. The van der Waals surface area contributed by atoms with Crippen LogP contribution >= 0.6 is 34.8 Å². The summed E-state index contributed by atoms with van der Waals surface area (Å²) >= 11 is 16.3. The van der Waals surface area contributed by atoms with Crippen molar-refractivity contribution in [3.63, 3.8) is 0 Å². The van der Waals surface area contributed by atoms with E-state index in [0.717, 1.165) is 0 Å². The van der Waals surface area contributed by atoms with Crippen molar-refractivity contribution in [1.29, 1.82) is 0 Å². The Bertz CT molecular complexity index is 199. The number of hydrogen-bond acceptors (Lipinski definition) is 2. The van der Waals surface area contributed by atoms with Crippen LogP contribution in [0.25, 0.3) is 0 Å². The molecule has 12 heavy (non-hydrogen) atoms. The third-order valence-electron chi connectivity index (χ3n) is 1.17. The predicted molar refractivity (Wildman–Crippen MR) is 50.7 cm³/mol. The van der Waals surface area contributed by atoms with Crippen LogP contribution in [-0.2, 0) is 9.53 Å². The van der Waals surface area contributed by atoms with Gasteiger partial charge >= 0.3 is 0 Å². The zero-order valence-electron chi connectivity index (χ0n) is 6.73. The molecular weight excluding hydrogens is 222 g/mol. The summed E-state index contributed by atoms with van der Waals surface area (Å²) in [5.41, 5.74) is 0.368. The summed E-state index contributed by atoms with van der Waals surface area (Å²) in [6.07, 6.45) is 1.32. The highest BCUT2D eigenvalue weighted by Crippen LogP contribution is 2.32. The van der Waals surface area contributed by atoms with Crippen molar-refractivity contribution in [2.75, 3.05) is 6.61 Å². The van der Waals surface area contributed by atoms with E-state index in [1.54, 1.807) is 13.8 Å². The minimum Gasteiger partial charge on any atom is -0.501 e. The van der Waals surface area contributed by atoms with Gasteiger partial charge in [0.25, 0.3) is 5.24 Å². The van der Waals surface area contributed by atoms with Crippen molar-refractivity contribution in [2.24, 2.45) is 0 Å². The molecule has 0 spiro atoms. The SMILES string of the molecule is CCOC=C(C)C(Cl)(Cl)C(=O)Cl. The molecule has 70 valence electrons. The highest BCUT2D eigenvalue weighted by molar-refractivity contribution is 6.79. The molecule has 0 aliphatic heterocycles. The van der Waals surface area contributed by atoms with Crippen molar-refractivity contribution in [2.45, 2.75) is 18.2 Å². The van der Waals surface area contributed by atoms with Gasteiger partial charge in [0.2, 0.25) is 4.33 Å². The minimum atomic E-state index is -1.68. The van der Waals surface area contributed by atoms with E-state index in [4.69, 9.17) is 39.5 Å². The number of carbonyl (C=O) groups excluding carboxylic acids is 1. The van der Waals surface area contributed by atoms with Gasteiger partial charge in [0, 0.05) is 5.57 Å². The highest BCUT2D eigenvalue weighted by atomic mass is 35.5. The Kier molecular flexibility index (Phi) is 4.98. The lowest BCUT2D eigenvalue weighted by Crippen LogP contribution is -2.22. The van der Waals surface area contributed by atoms with Gasteiger partial charge in [-0.15, -0.1) is 0 Å². The van der Waals surface area contributed by atoms with E-state index in [-0.39, 0.29) is 0 Å². The van der Waals surface area contributed by atoms with E-state index in [0.29, 0.717) is 12.2 Å². The lowest BCUT2D eigenvalue weighted by atomic mass is 10.2. The molecule has 0 N–H and O–H groups in total. The molecule has 0 amide bonds. The Hall–Kier alpha value is 0.0800. The molecule has 0 rings (SSSR count). The van der Waals surface area contributed by atoms with Crippen LogP contribution in [0.2, 0.25) is 0 Å². The van der Waals surface area contributed by atoms with Gasteiger partial charge in [0.1, 0.15) is 0 Å². The van der Waals surface area contributed by atoms with Gasteiger partial charge in [-0.25, -0.2) is 0 Å². The average molecular weight is 232 g/mol. The summed E-state index contributed by atoms with van der Waals surface area (Å²) in [5.74, 6) is 0. The first-order valence-corrected chi connectivity index (χ1v) is 4.43. The number of alkyl halides is 2. The normalized spacial score (nSPS) is 12.9. The Morgan fingerprint density at radius 1 is 1.58 bits per heavy atom. The molecule has 0 radical (unpaired) electrons. The maximum absolute atomic E-state index is 10.7. The van der Waals surface area contributed by atoms with Gasteiger partial charge in [0.05, 0.1) is 12.9 Å². The number of ether oxygens (including phenoxy) is 1. The van der Waals surface area contributed by atoms with Crippen LogP contribution in [0.5, 0.6) is 0 Å². The van der Waals surface area contributed by atoms with E-state index in [9.17, 15) is 4.79 Å². The fraction of sp³-hybridized carbons (Fsp3) is 0.571. The highest BCUT2D eigenvalue weighted by Gasteiger charge is 2.34. The molecule has 0 aliphatic carbocycles. The smallest absolute Gasteiger partial charge is 0.262 e. The number of hydrogen-bond donors (Lipinski definition) is 0. The summed E-state index contributed by atoms with van der Waals surface area (Å²) in [5, 5.41) is -0.834. The van der Waals surface area contributed by atoms with E-state index < -0.39 is 9.58 Å². The van der Waals surface area contributed by atoms with Gasteiger partial charge < -0.3 is 4.74 Å². The third-order valence-corrected chi connectivity index (χ3v) is 2.59. The van der Waals surface area contributed by atoms with E-state index in [2.05, 4.69) is 0 Å². The van der Waals surface area contributed by atoms with Gasteiger partial charge in [-0.2, -0.15) is 0 Å². The monoisotopic (exact) mass is 230 g/mol. The second kappa shape index (κ2) is 4.95. The lowest BCUT2D eigenvalue weighted by Gasteiger charge is -2.14. The molecule has 0 bridgehead atoms. The minimum absolute atomic E-state index is 0.368. The maximum Gasteiger partial charge on any atom is 0.262 e. The van der Waals surface area contributed by atoms with Gasteiger partial charge in [-0.1, -0.05) is 23.2 Å². The van der Waals surface area contributed by atoms with Crippen LogP contribution < -0.4 is 0 Å². The molecule has 0 fully saturated rings. The summed E-state index contributed by atoms with van der Waals surface area (Å²) in [7, 11) is 0. The molecule has 0 saturated heterocycles. The predicted octanol–water partition coefficient (Wildman–Crippen LogP) is 2.87. The second-order valence-corrected chi connectivity index (χ2v) is 3.77. The van der Waals surface area contributed by atoms with Crippen LogP contribution in [0.4, 0.5) is 0 Å². The number of rotatable bonds is 4. The molecule has 5 heteroatoms. The lowest BCUT2D eigenvalue weighted by molar-refractivity contribution is -0.111. The van der Waals surface area contributed by atoms with Crippen molar-refractivity contribution in [3.8, 4) is 0 Å². The zero-order chi connectivity index (χ0) is 9.78. The van der Waals surface area contributed by atoms with Crippen molar-refractivity contribution in [1.82, 2.24) is 0 Å². The summed E-state index contributed by atoms with van der Waals surface area (Å²) in [6.45, 7) is 3.85.